The van der Waals surface area contributed by atoms with Crippen LogP contribution in [-0.4, -0.2) is 101 Å². The number of nitrogens with two attached hydrogens (primary N) is 1. The molecule has 206 valence electrons. The second kappa shape index (κ2) is 14.2. The number of amides is 1. The van der Waals surface area contributed by atoms with E-state index >= 15 is 0 Å². The molecule has 0 saturated carbocycles. The number of aliphatic hydroxyl groups is 2. The Kier molecular flexibility index (Phi) is 11.7. The number of carboxylic acids is 4. The van der Waals surface area contributed by atoms with Crippen LogP contribution in [0, 0.1) is 0 Å². The Morgan fingerprint density at radius 1 is 1.00 bits per heavy atom. The van der Waals surface area contributed by atoms with E-state index in [1.165, 1.54) is 0 Å². The number of pyridine rings is 1. The maximum Gasteiger partial charge on any atom is 0.336 e. The van der Waals surface area contributed by atoms with Gasteiger partial charge in [-0.2, -0.15) is 0 Å². The highest BCUT2D eigenvalue weighted by atomic mass is 16.4. The molecule has 38 heavy (non-hydrogen) atoms. The summed E-state index contributed by atoms with van der Waals surface area (Å²) in [6.07, 6.45) is -0.704. The summed E-state index contributed by atoms with van der Waals surface area (Å²) in [6.45, 7) is 0.441. The van der Waals surface area contributed by atoms with Crippen molar-refractivity contribution >= 4 is 51.7 Å². The summed E-state index contributed by atoms with van der Waals surface area (Å²) in [6, 6.07) is 7.46. The van der Waals surface area contributed by atoms with Gasteiger partial charge in [-0.1, -0.05) is 18.2 Å². The van der Waals surface area contributed by atoms with Crippen molar-refractivity contribution in [2.45, 2.75) is 25.0 Å². The number of hydrogen-bond donors (Lipinski definition) is 8. The van der Waals surface area contributed by atoms with Crippen molar-refractivity contribution in [1.82, 2.24) is 19.9 Å². The fourth-order valence-corrected chi connectivity index (χ4v) is 3.10. The number of likely N-dealkylation sites (N-methyl/N-ethyl adjacent to an activating group) is 1. The summed E-state index contributed by atoms with van der Waals surface area (Å²) < 4.78 is 1.80. The number of carbonyl (C=O) groups excluding carboxylic acids is 1. The lowest BCUT2D eigenvalue weighted by molar-refractivity contribution is -0.170. The number of para-hydroxylation sites is 1. The number of hydrogen-bond acceptors (Lipinski definition) is 10. The van der Waals surface area contributed by atoms with Crippen LogP contribution in [0.3, 0.4) is 0 Å². The van der Waals surface area contributed by atoms with Gasteiger partial charge in [0.2, 0.25) is 0 Å². The molecule has 3 rings (SSSR count). The summed E-state index contributed by atoms with van der Waals surface area (Å²) in [4.78, 5) is 60.0. The minimum absolute atomic E-state index is 0.00594. The molecule has 16 nitrogen and oxygen atoms in total. The average molecular weight is 537 g/mol. The number of carboxylic acid groups (broad SMARTS) is 4. The molecular formula is C22H27N5O11. The Balaban J connectivity index is 0.000000331. The highest BCUT2D eigenvalue weighted by molar-refractivity contribution is 6.11. The fourth-order valence-electron chi connectivity index (χ4n) is 3.10. The number of rotatable bonds is 10. The molecule has 9 N–H and O–H groups in total. The van der Waals surface area contributed by atoms with E-state index in [4.69, 9.17) is 36.4 Å². The van der Waals surface area contributed by atoms with Crippen LogP contribution < -0.4 is 11.1 Å². The number of fused-ring (bicyclic) bond motifs is 3. The molecule has 1 aromatic carbocycles. The van der Waals surface area contributed by atoms with Crippen LogP contribution in [0.1, 0.15) is 23.3 Å². The molecule has 2 heterocycles. The lowest BCUT2D eigenvalue weighted by atomic mass is 9.96. The third kappa shape index (κ3) is 8.77. The second-order valence-electron chi connectivity index (χ2n) is 7.60. The first-order chi connectivity index (χ1) is 17.8. The molecule has 0 aliphatic carbocycles. The highest BCUT2D eigenvalue weighted by Crippen LogP contribution is 2.25. The van der Waals surface area contributed by atoms with Gasteiger partial charge in [-0.05, 0) is 13.1 Å². The minimum Gasteiger partial charge on any atom is -0.481 e. The maximum atomic E-state index is 11.5. The normalized spacial score (nSPS) is 10.6. The van der Waals surface area contributed by atoms with Crippen LogP contribution in [0.4, 0.5) is 0 Å². The molecule has 0 bridgehead atoms. The number of aliphatic carboxylic acids is 4. The average Bonchev–Trinajstić information content (AvgIpc) is 3.22. The highest BCUT2D eigenvalue weighted by Gasteiger charge is 2.40. The molecular weight excluding hydrogens is 510 g/mol. The van der Waals surface area contributed by atoms with Crippen LogP contribution in [0.2, 0.25) is 0 Å². The van der Waals surface area contributed by atoms with Gasteiger partial charge in [0.1, 0.15) is 5.52 Å². The molecule has 0 spiro atoms. The number of aromatic nitrogens is 3. The van der Waals surface area contributed by atoms with E-state index in [-0.39, 0.29) is 18.8 Å². The summed E-state index contributed by atoms with van der Waals surface area (Å²) in [5.41, 5.74) is 4.70. The fraction of sp³-hybridized carbons (Fsp3) is 0.318. The van der Waals surface area contributed by atoms with Gasteiger partial charge in [0.15, 0.2) is 11.3 Å². The summed E-state index contributed by atoms with van der Waals surface area (Å²) >= 11 is 0. The van der Waals surface area contributed by atoms with Gasteiger partial charge in [-0.25, -0.2) is 14.8 Å². The monoisotopic (exact) mass is 537 g/mol. The Morgan fingerprint density at radius 2 is 1.58 bits per heavy atom. The van der Waals surface area contributed by atoms with E-state index < -0.39 is 48.2 Å². The Morgan fingerprint density at radius 3 is 2.00 bits per heavy atom. The molecule has 0 radical (unpaired) electrons. The van der Waals surface area contributed by atoms with Gasteiger partial charge in [0.25, 0.3) is 5.91 Å². The third-order valence-electron chi connectivity index (χ3n) is 4.64. The van der Waals surface area contributed by atoms with Crippen molar-refractivity contribution in [2.75, 3.05) is 20.2 Å². The second-order valence-corrected chi connectivity index (χ2v) is 7.60. The van der Waals surface area contributed by atoms with Crippen LogP contribution in [0.25, 0.3) is 21.9 Å². The zero-order valence-corrected chi connectivity index (χ0v) is 20.1. The molecule has 0 saturated heterocycles. The lowest BCUT2D eigenvalue weighted by Gasteiger charge is -2.18. The van der Waals surface area contributed by atoms with E-state index in [2.05, 4.69) is 15.3 Å². The summed E-state index contributed by atoms with van der Waals surface area (Å²) in [5.74, 6) is -6.45. The van der Waals surface area contributed by atoms with Crippen LogP contribution in [0.15, 0.2) is 30.6 Å². The molecule has 0 atom stereocenters. The molecule has 3 aromatic rings. The lowest BCUT2D eigenvalue weighted by Crippen LogP contribution is -2.42. The first-order valence-electron chi connectivity index (χ1n) is 10.7. The van der Waals surface area contributed by atoms with E-state index in [1.807, 2.05) is 24.3 Å². The Hall–Kier alpha value is -4.67. The van der Waals surface area contributed by atoms with Gasteiger partial charge in [0, 0.05) is 11.9 Å². The van der Waals surface area contributed by atoms with Crippen molar-refractivity contribution in [3.05, 3.63) is 36.3 Å². The van der Waals surface area contributed by atoms with Gasteiger partial charge < -0.3 is 46.3 Å². The Bertz CT molecular complexity index is 1310. The van der Waals surface area contributed by atoms with Crippen molar-refractivity contribution in [3.63, 3.8) is 0 Å². The summed E-state index contributed by atoms with van der Waals surface area (Å²) in [7, 11) is 1.59. The maximum absolute atomic E-state index is 11.5. The van der Waals surface area contributed by atoms with Gasteiger partial charge >= 0.3 is 23.9 Å². The quantitative estimate of drug-likeness (QED) is 0.150. The predicted molar refractivity (Wildman–Crippen MR) is 129 cm³/mol. The molecule has 16 heteroatoms. The largest absolute Gasteiger partial charge is 0.481 e. The van der Waals surface area contributed by atoms with Crippen LogP contribution in [-0.2, 0) is 25.7 Å². The smallest absolute Gasteiger partial charge is 0.336 e. The first-order valence-corrected chi connectivity index (χ1v) is 10.7. The number of aliphatic hydroxyl groups excluding tert-OH is 1. The van der Waals surface area contributed by atoms with Crippen molar-refractivity contribution in [1.29, 1.82) is 0 Å². The molecule has 2 aromatic heterocycles. The number of benzene rings is 1. The van der Waals surface area contributed by atoms with Crippen molar-refractivity contribution in [2.24, 2.45) is 5.73 Å². The molecule has 0 fully saturated rings. The van der Waals surface area contributed by atoms with Crippen LogP contribution >= 0.6 is 0 Å². The van der Waals surface area contributed by atoms with Gasteiger partial charge in [0.05, 0.1) is 43.4 Å². The SMILES string of the molecule is CNCC(=O)O.NC(=O)c1nc2ccccc2c2c1ncn2CCO.O=C(O)CC(O)(CC(=O)O)C(=O)O. The zero-order chi connectivity index (χ0) is 29.0. The van der Waals surface area contributed by atoms with Gasteiger partial charge in [-0.15, -0.1) is 0 Å². The predicted octanol–water partition coefficient (Wildman–Crippen LogP) is -1.28. The summed E-state index contributed by atoms with van der Waals surface area (Å²) in [5, 5.41) is 54.1. The number of nitrogens with zero attached hydrogens (tertiary/aromatic N) is 3. The first kappa shape index (κ1) is 31.4. The number of imidazole rings is 1. The topological polar surface area (TPSA) is 275 Å². The molecule has 1 amide bonds. The van der Waals surface area contributed by atoms with Crippen molar-refractivity contribution < 1.29 is 54.6 Å². The molecule has 0 unspecified atom stereocenters. The van der Waals surface area contributed by atoms with E-state index in [9.17, 15) is 24.0 Å². The van der Waals surface area contributed by atoms with E-state index in [0.29, 0.717) is 17.6 Å². The van der Waals surface area contributed by atoms with E-state index in [1.54, 1.807) is 17.9 Å². The van der Waals surface area contributed by atoms with Crippen molar-refractivity contribution in [3.8, 4) is 0 Å². The zero-order valence-electron chi connectivity index (χ0n) is 20.1. The molecule has 0 aliphatic rings. The standard InChI is InChI=1S/C13H12N4O2.C6H8O7.C3H7NO2/c14-13(19)11-10-12(17(5-6-18)7-15-10)8-3-1-2-4-9(8)16-11;7-3(8)1-6(13,5(11)12)2-4(9)10;1-4-2-3(5)6/h1-4,7,18H,5-6H2,(H2,14,19);13H,1-2H2,(H,7,8)(H,9,10)(H,11,12);4H,2H2,1H3,(H,5,6). The van der Waals surface area contributed by atoms with E-state index in [0.717, 1.165) is 10.9 Å². The van der Waals surface area contributed by atoms with Crippen LogP contribution in [0.5, 0.6) is 0 Å². The third-order valence-corrected chi connectivity index (χ3v) is 4.64. The minimum atomic E-state index is -2.74. The number of carbonyl (C=O) groups is 5. The molecule has 0 aliphatic heterocycles. The van der Waals surface area contributed by atoms with Gasteiger partial charge in [-0.3, -0.25) is 19.2 Å². The Labute approximate surface area is 214 Å². The number of primary amides is 1. The number of nitrogens with one attached hydrogen (secondary N) is 1.